The molecular weight excluding hydrogens is 801 g/mol. The molecule has 0 aromatic heterocycles. The highest BCUT2D eigenvalue weighted by Gasteiger charge is 2.26. The van der Waals surface area contributed by atoms with Crippen LogP contribution in [0.25, 0.3) is 0 Å². The summed E-state index contributed by atoms with van der Waals surface area (Å²) in [7, 11) is 0. The predicted molar refractivity (Wildman–Crippen MR) is 284 cm³/mol. The van der Waals surface area contributed by atoms with E-state index in [0.29, 0.717) is 19.5 Å². The molecule has 0 saturated heterocycles. The fraction of sp³-hybridized carbons (Fsp3) is 0.949. The van der Waals surface area contributed by atoms with Crippen LogP contribution in [0.15, 0.2) is 0 Å². The molecule has 0 saturated carbocycles. The molecule has 0 aliphatic heterocycles. The van der Waals surface area contributed by atoms with Crippen molar-refractivity contribution in [1.29, 1.82) is 0 Å². The van der Waals surface area contributed by atoms with Gasteiger partial charge in [-0.05, 0) is 25.7 Å². The maximum atomic E-state index is 14.1. The number of nitrogens with zero attached hydrogens (tertiary/aromatic N) is 1. The largest absolute Gasteiger partial charge is 0.481 e. The first-order chi connectivity index (χ1) is 32.0. The Hall–Kier alpha value is -1.59. The molecule has 0 fully saturated rings. The number of carboxylic acid groups (broad SMARTS) is 1. The van der Waals surface area contributed by atoms with Gasteiger partial charge < -0.3 is 15.3 Å². The highest BCUT2D eigenvalue weighted by atomic mass is 16.4. The van der Waals surface area contributed by atoms with E-state index in [9.17, 15) is 19.5 Å². The lowest BCUT2D eigenvalue weighted by atomic mass is 10.0. The number of rotatable bonds is 55. The SMILES string of the molecule is CCCCCCCCCCCCCCCCCCN(CCCCCCCCCCCCCCCCCC)C(=O)C(CCC(=O)O)NC(=O)CCCCCCCCCCCCCCCCC. The van der Waals surface area contributed by atoms with Gasteiger partial charge in [-0.25, -0.2) is 0 Å². The van der Waals surface area contributed by atoms with Crippen LogP contribution in [0.4, 0.5) is 0 Å². The van der Waals surface area contributed by atoms with Crippen LogP contribution in [0.2, 0.25) is 0 Å². The average Bonchev–Trinajstić information content (AvgIpc) is 3.30. The van der Waals surface area contributed by atoms with Crippen LogP contribution in [-0.2, 0) is 14.4 Å². The van der Waals surface area contributed by atoms with Gasteiger partial charge in [0, 0.05) is 25.9 Å². The van der Waals surface area contributed by atoms with Gasteiger partial charge in [0.25, 0.3) is 0 Å². The molecule has 2 amide bonds. The van der Waals surface area contributed by atoms with E-state index in [0.717, 1.165) is 44.9 Å². The van der Waals surface area contributed by atoms with Crippen LogP contribution in [0.1, 0.15) is 342 Å². The molecule has 1 atom stereocenters. The molecule has 0 aromatic rings. The van der Waals surface area contributed by atoms with Crippen LogP contribution < -0.4 is 5.32 Å². The Morgan fingerprint density at radius 3 is 0.815 bits per heavy atom. The normalized spacial score (nSPS) is 11.9. The number of unbranched alkanes of at least 4 members (excludes halogenated alkanes) is 44. The second-order valence-corrected chi connectivity index (χ2v) is 20.7. The van der Waals surface area contributed by atoms with Crippen molar-refractivity contribution >= 4 is 17.8 Å². The maximum Gasteiger partial charge on any atom is 0.303 e. The summed E-state index contributed by atoms with van der Waals surface area (Å²) in [5.41, 5.74) is 0. The standard InChI is InChI=1S/C59H116N2O4/c1-4-7-10-13-16-19-22-25-28-31-34-37-40-43-46-49-54-61(55-50-47-44-41-38-35-32-29-26-23-20-17-14-11-8-5-2)59(65)56(52-53-58(63)64)60-57(62)51-48-45-42-39-36-33-30-27-24-21-18-15-12-9-6-3/h56H,4-55H2,1-3H3,(H,60,62)(H,63,64). The van der Waals surface area contributed by atoms with Gasteiger partial charge in [0.15, 0.2) is 0 Å². The number of amides is 2. The summed E-state index contributed by atoms with van der Waals surface area (Å²) in [4.78, 5) is 40.9. The van der Waals surface area contributed by atoms with Gasteiger partial charge in [0.05, 0.1) is 0 Å². The van der Waals surface area contributed by atoms with E-state index in [1.165, 1.54) is 257 Å². The van der Waals surface area contributed by atoms with Gasteiger partial charge in [0.1, 0.15) is 6.04 Å². The van der Waals surface area contributed by atoms with Gasteiger partial charge >= 0.3 is 5.97 Å². The molecule has 0 spiro atoms. The topological polar surface area (TPSA) is 86.7 Å². The highest BCUT2D eigenvalue weighted by molar-refractivity contribution is 5.88. The molecule has 6 nitrogen and oxygen atoms in total. The molecular formula is C59H116N2O4. The molecule has 0 aliphatic rings. The van der Waals surface area contributed by atoms with E-state index in [2.05, 4.69) is 26.1 Å². The summed E-state index contributed by atoms with van der Waals surface area (Å²) in [6.45, 7) is 8.26. The minimum atomic E-state index is -0.915. The van der Waals surface area contributed by atoms with Gasteiger partial charge in [-0.15, -0.1) is 0 Å². The van der Waals surface area contributed by atoms with Gasteiger partial charge in [-0.2, -0.15) is 0 Å². The van der Waals surface area contributed by atoms with Crippen LogP contribution >= 0.6 is 0 Å². The summed E-state index contributed by atoms with van der Waals surface area (Å²) in [5.74, 6) is -1.09. The van der Waals surface area contributed by atoms with Crippen molar-refractivity contribution in [3.63, 3.8) is 0 Å². The fourth-order valence-electron chi connectivity index (χ4n) is 9.70. The molecule has 1 unspecified atom stereocenters. The molecule has 6 heteroatoms. The van der Waals surface area contributed by atoms with E-state index in [4.69, 9.17) is 0 Å². The molecule has 0 rings (SSSR count). The van der Waals surface area contributed by atoms with Crippen molar-refractivity contribution in [2.45, 2.75) is 348 Å². The first kappa shape index (κ1) is 63.4. The molecule has 386 valence electrons. The van der Waals surface area contributed by atoms with Crippen LogP contribution in [0.5, 0.6) is 0 Å². The van der Waals surface area contributed by atoms with E-state index in [1.807, 2.05) is 4.90 Å². The summed E-state index contributed by atoms with van der Waals surface area (Å²) in [5, 5.41) is 12.6. The van der Waals surface area contributed by atoms with Crippen LogP contribution in [0, 0.1) is 0 Å². The summed E-state index contributed by atoms with van der Waals surface area (Å²) < 4.78 is 0. The van der Waals surface area contributed by atoms with E-state index < -0.39 is 12.0 Å². The zero-order valence-electron chi connectivity index (χ0n) is 44.5. The van der Waals surface area contributed by atoms with Crippen LogP contribution in [-0.4, -0.2) is 46.9 Å². The molecule has 0 radical (unpaired) electrons. The third kappa shape index (κ3) is 48.7. The lowest BCUT2D eigenvalue weighted by Crippen LogP contribution is -2.49. The first-order valence-corrected chi connectivity index (χ1v) is 29.8. The second kappa shape index (κ2) is 53.4. The quantitative estimate of drug-likeness (QED) is 0.0595. The third-order valence-corrected chi connectivity index (χ3v) is 14.2. The number of nitrogens with one attached hydrogen (secondary N) is 1. The predicted octanol–water partition coefficient (Wildman–Crippen LogP) is 18.9. The van der Waals surface area contributed by atoms with Crippen LogP contribution in [0.3, 0.4) is 0 Å². The first-order valence-electron chi connectivity index (χ1n) is 29.8. The maximum absolute atomic E-state index is 14.1. The fourth-order valence-corrected chi connectivity index (χ4v) is 9.70. The summed E-state index contributed by atoms with van der Waals surface area (Å²) >= 11 is 0. The molecule has 65 heavy (non-hydrogen) atoms. The molecule has 2 N–H and O–H groups in total. The zero-order valence-corrected chi connectivity index (χ0v) is 44.5. The van der Waals surface area contributed by atoms with Crippen molar-refractivity contribution in [2.24, 2.45) is 0 Å². The number of carbonyl (C=O) groups is 3. The lowest BCUT2D eigenvalue weighted by Gasteiger charge is -2.28. The Kier molecular flexibility index (Phi) is 52.1. The van der Waals surface area contributed by atoms with E-state index >= 15 is 0 Å². The number of aliphatic carboxylic acids is 1. The Morgan fingerprint density at radius 1 is 0.338 bits per heavy atom. The molecule has 0 heterocycles. The number of carbonyl (C=O) groups excluding carboxylic acids is 2. The summed E-state index contributed by atoms with van der Waals surface area (Å²) in [6.07, 6.45) is 62.0. The smallest absolute Gasteiger partial charge is 0.303 e. The van der Waals surface area contributed by atoms with Crippen molar-refractivity contribution < 1.29 is 19.5 Å². The highest BCUT2D eigenvalue weighted by Crippen LogP contribution is 2.18. The molecule has 0 bridgehead atoms. The third-order valence-electron chi connectivity index (χ3n) is 14.2. The van der Waals surface area contributed by atoms with Crippen molar-refractivity contribution in [3.05, 3.63) is 0 Å². The minimum Gasteiger partial charge on any atom is -0.481 e. The van der Waals surface area contributed by atoms with E-state index in [1.54, 1.807) is 0 Å². The summed E-state index contributed by atoms with van der Waals surface area (Å²) in [6, 6.07) is -0.753. The zero-order chi connectivity index (χ0) is 47.4. The van der Waals surface area contributed by atoms with Gasteiger partial charge in [0.2, 0.25) is 11.8 Å². The number of carboxylic acids is 1. The minimum absolute atomic E-state index is 0.0713. The average molecular weight is 918 g/mol. The Balaban J connectivity index is 4.69. The van der Waals surface area contributed by atoms with E-state index in [-0.39, 0.29) is 24.7 Å². The Labute approximate surface area is 406 Å². The molecule has 0 aromatic carbocycles. The number of hydrogen-bond donors (Lipinski definition) is 2. The van der Waals surface area contributed by atoms with Crippen molar-refractivity contribution in [3.8, 4) is 0 Å². The Bertz CT molecular complexity index is 951. The van der Waals surface area contributed by atoms with Crippen molar-refractivity contribution in [2.75, 3.05) is 13.1 Å². The second-order valence-electron chi connectivity index (χ2n) is 20.7. The Morgan fingerprint density at radius 2 is 0.569 bits per heavy atom. The van der Waals surface area contributed by atoms with Gasteiger partial charge in [-0.1, -0.05) is 303 Å². The van der Waals surface area contributed by atoms with Gasteiger partial charge in [-0.3, -0.25) is 14.4 Å². The molecule has 0 aliphatic carbocycles. The number of hydrogen-bond acceptors (Lipinski definition) is 3. The van der Waals surface area contributed by atoms with Crippen molar-refractivity contribution in [1.82, 2.24) is 10.2 Å². The monoisotopic (exact) mass is 917 g/mol. The lowest BCUT2D eigenvalue weighted by molar-refractivity contribution is -0.139.